The summed E-state index contributed by atoms with van der Waals surface area (Å²) in [6.07, 6.45) is 7.40. The van der Waals surface area contributed by atoms with Gasteiger partial charge in [0.25, 0.3) is 0 Å². The fraction of sp³-hybridized carbons (Fsp3) is 0.818. The van der Waals surface area contributed by atoms with E-state index in [0.717, 1.165) is 18.3 Å². The van der Waals surface area contributed by atoms with Crippen LogP contribution in [-0.2, 0) is 0 Å². The monoisotopic (exact) mass is 165 g/mol. The molecule has 1 rings (SSSR count). The Morgan fingerprint density at radius 2 is 2.25 bits per heavy atom. The van der Waals surface area contributed by atoms with Gasteiger partial charge < -0.3 is 5.32 Å². The van der Waals surface area contributed by atoms with Crippen molar-refractivity contribution >= 4 is 0 Å². The topological polar surface area (TPSA) is 12.0 Å². The molecule has 0 heterocycles. The molecule has 0 aromatic rings. The predicted octanol–water partition coefficient (Wildman–Crippen LogP) is 2.03. The van der Waals surface area contributed by atoms with Crippen LogP contribution < -0.4 is 5.32 Å². The average Bonchev–Trinajstić information content (AvgIpc) is 2.04. The van der Waals surface area contributed by atoms with Gasteiger partial charge in [-0.25, -0.2) is 0 Å². The van der Waals surface area contributed by atoms with E-state index < -0.39 is 0 Å². The Morgan fingerprint density at radius 3 is 2.67 bits per heavy atom. The first kappa shape index (κ1) is 9.61. The summed E-state index contributed by atoms with van der Waals surface area (Å²) < 4.78 is 0. The number of hydrogen-bond acceptors (Lipinski definition) is 1. The van der Waals surface area contributed by atoms with E-state index in [9.17, 15) is 0 Å². The molecule has 4 atom stereocenters. The third-order valence-electron chi connectivity index (χ3n) is 3.08. The van der Waals surface area contributed by atoms with Crippen LogP contribution in [0.5, 0.6) is 0 Å². The highest BCUT2D eigenvalue weighted by Gasteiger charge is 2.34. The molecule has 0 aromatic heterocycles. The maximum Gasteiger partial charge on any atom is 0.0238 e. The van der Waals surface area contributed by atoms with E-state index in [2.05, 4.69) is 32.0 Å². The quantitative estimate of drug-likeness (QED) is 0.631. The standard InChI is InChI=1S/C11H19N/c1-5-6-9(3)12-11-7-8(2)10(11)4/h1,8-12H,6-7H2,2-4H3. The van der Waals surface area contributed by atoms with Crippen LogP contribution in [0.2, 0.25) is 0 Å². The van der Waals surface area contributed by atoms with Gasteiger partial charge in [0.2, 0.25) is 0 Å². The van der Waals surface area contributed by atoms with Crippen molar-refractivity contribution in [2.75, 3.05) is 0 Å². The maximum atomic E-state index is 5.24. The molecule has 0 radical (unpaired) electrons. The van der Waals surface area contributed by atoms with Gasteiger partial charge >= 0.3 is 0 Å². The van der Waals surface area contributed by atoms with E-state index >= 15 is 0 Å². The van der Waals surface area contributed by atoms with Crippen molar-refractivity contribution in [3.63, 3.8) is 0 Å². The molecule has 1 aliphatic carbocycles. The smallest absolute Gasteiger partial charge is 0.0238 e. The largest absolute Gasteiger partial charge is 0.310 e. The van der Waals surface area contributed by atoms with Crippen LogP contribution in [-0.4, -0.2) is 12.1 Å². The van der Waals surface area contributed by atoms with Gasteiger partial charge in [-0.2, -0.15) is 0 Å². The van der Waals surface area contributed by atoms with Crippen molar-refractivity contribution < 1.29 is 0 Å². The van der Waals surface area contributed by atoms with Gasteiger partial charge in [0.05, 0.1) is 0 Å². The zero-order valence-electron chi connectivity index (χ0n) is 8.30. The van der Waals surface area contributed by atoms with E-state index in [-0.39, 0.29) is 0 Å². The molecule has 0 aromatic carbocycles. The zero-order valence-corrected chi connectivity index (χ0v) is 8.30. The molecule has 0 spiro atoms. The summed E-state index contributed by atoms with van der Waals surface area (Å²) in [6, 6.07) is 1.19. The van der Waals surface area contributed by atoms with Crippen molar-refractivity contribution in [3.05, 3.63) is 0 Å². The molecule has 12 heavy (non-hydrogen) atoms. The first-order valence-electron chi connectivity index (χ1n) is 4.84. The molecule has 1 fully saturated rings. The third-order valence-corrected chi connectivity index (χ3v) is 3.08. The highest BCUT2D eigenvalue weighted by molar-refractivity contribution is 4.94. The van der Waals surface area contributed by atoms with E-state index in [4.69, 9.17) is 6.42 Å². The third kappa shape index (κ3) is 2.01. The number of nitrogens with one attached hydrogen (secondary N) is 1. The molecule has 1 saturated carbocycles. The van der Waals surface area contributed by atoms with Gasteiger partial charge in [-0.15, -0.1) is 12.3 Å². The lowest BCUT2D eigenvalue weighted by atomic mass is 9.71. The SMILES string of the molecule is C#CCC(C)NC1CC(C)C1C. The summed E-state index contributed by atoms with van der Waals surface area (Å²) in [7, 11) is 0. The van der Waals surface area contributed by atoms with Crippen LogP contribution in [0, 0.1) is 24.2 Å². The Labute approximate surface area is 75.9 Å². The summed E-state index contributed by atoms with van der Waals surface area (Å²) in [5.41, 5.74) is 0. The highest BCUT2D eigenvalue weighted by atomic mass is 15.0. The summed E-state index contributed by atoms with van der Waals surface area (Å²) in [4.78, 5) is 0. The van der Waals surface area contributed by atoms with E-state index in [0.29, 0.717) is 12.1 Å². The molecule has 0 aliphatic heterocycles. The van der Waals surface area contributed by atoms with Gasteiger partial charge in [-0.05, 0) is 25.2 Å². The molecule has 1 N–H and O–H groups in total. The fourth-order valence-electron chi connectivity index (χ4n) is 1.85. The van der Waals surface area contributed by atoms with E-state index in [1.807, 2.05) is 0 Å². The summed E-state index contributed by atoms with van der Waals surface area (Å²) in [6.45, 7) is 6.79. The molecule has 1 nitrogen and oxygen atoms in total. The van der Waals surface area contributed by atoms with Crippen LogP contribution >= 0.6 is 0 Å². The maximum absolute atomic E-state index is 5.24. The van der Waals surface area contributed by atoms with E-state index in [1.54, 1.807) is 0 Å². The minimum atomic E-state index is 0.481. The molecule has 1 heteroatoms. The molecule has 0 amide bonds. The summed E-state index contributed by atoms with van der Waals surface area (Å²) >= 11 is 0. The molecule has 0 saturated heterocycles. The predicted molar refractivity (Wildman–Crippen MR) is 52.8 cm³/mol. The second-order valence-electron chi connectivity index (χ2n) is 4.15. The van der Waals surface area contributed by atoms with Gasteiger partial charge in [-0.1, -0.05) is 13.8 Å². The van der Waals surface area contributed by atoms with Gasteiger partial charge in [0.15, 0.2) is 0 Å². The van der Waals surface area contributed by atoms with Gasteiger partial charge in [0.1, 0.15) is 0 Å². The van der Waals surface area contributed by atoms with Crippen molar-refractivity contribution in [2.24, 2.45) is 11.8 Å². The molecule has 68 valence electrons. The van der Waals surface area contributed by atoms with Crippen LogP contribution in [0.25, 0.3) is 0 Å². The first-order valence-corrected chi connectivity index (χ1v) is 4.84. The lowest BCUT2D eigenvalue weighted by Gasteiger charge is -2.42. The first-order chi connectivity index (χ1) is 5.65. The van der Waals surface area contributed by atoms with Crippen molar-refractivity contribution in [3.8, 4) is 12.3 Å². The minimum Gasteiger partial charge on any atom is -0.310 e. The molecule has 1 aliphatic rings. The number of rotatable bonds is 3. The molecular formula is C11H19N. The Kier molecular flexibility index (Phi) is 3.17. The normalized spacial score (nSPS) is 36.7. The lowest BCUT2D eigenvalue weighted by molar-refractivity contribution is 0.128. The minimum absolute atomic E-state index is 0.481. The average molecular weight is 165 g/mol. The van der Waals surface area contributed by atoms with Gasteiger partial charge in [-0.3, -0.25) is 0 Å². The lowest BCUT2D eigenvalue weighted by Crippen LogP contribution is -2.50. The molecule has 4 unspecified atom stereocenters. The van der Waals surface area contributed by atoms with Crippen LogP contribution in [0.3, 0.4) is 0 Å². The van der Waals surface area contributed by atoms with Crippen molar-refractivity contribution in [2.45, 2.75) is 45.7 Å². The zero-order chi connectivity index (χ0) is 9.14. The Balaban J connectivity index is 2.21. The van der Waals surface area contributed by atoms with Crippen LogP contribution in [0.15, 0.2) is 0 Å². The highest BCUT2D eigenvalue weighted by Crippen LogP contribution is 2.33. The fourth-order valence-corrected chi connectivity index (χ4v) is 1.85. The molecular weight excluding hydrogens is 146 g/mol. The Hall–Kier alpha value is -0.480. The summed E-state index contributed by atoms with van der Waals surface area (Å²) in [5, 5.41) is 3.55. The summed E-state index contributed by atoms with van der Waals surface area (Å²) in [5.74, 6) is 4.40. The number of terminal acetylenes is 1. The molecule has 0 bridgehead atoms. The van der Waals surface area contributed by atoms with Gasteiger partial charge in [0, 0.05) is 18.5 Å². The second kappa shape index (κ2) is 3.96. The van der Waals surface area contributed by atoms with E-state index in [1.165, 1.54) is 6.42 Å². The van der Waals surface area contributed by atoms with Crippen LogP contribution in [0.4, 0.5) is 0 Å². The van der Waals surface area contributed by atoms with Crippen molar-refractivity contribution in [1.29, 1.82) is 0 Å². The Morgan fingerprint density at radius 1 is 1.58 bits per heavy atom. The second-order valence-corrected chi connectivity index (χ2v) is 4.15. The van der Waals surface area contributed by atoms with Crippen LogP contribution in [0.1, 0.15) is 33.6 Å². The Bertz CT molecular complexity index is 180. The van der Waals surface area contributed by atoms with Crippen molar-refractivity contribution in [1.82, 2.24) is 5.32 Å². The number of hydrogen-bond donors (Lipinski definition) is 1.